The summed E-state index contributed by atoms with van der Waals surface area (Å²) in [4.78, 5) is 32.0. The monoisotopic (exact) mass is 251 g/mol. The number of β-amino-alcohol motifs (C(OH)–C–C–N with tert-alkyl or cyclic N) is 1. The maximum Gasteiger partial charge on any atom is 0.326 e. The zero-order valence-corrected chi connectivity index (χ0v) is 9.78. The Morgan fingerprint density at radius 1 is 1.39 bits per heavy atom. The summed E-state index contributed by atoms with van der Waals surface area (Å²) in [6.45, 7) is 1.74. The Hall–Kier alpha value is -2.02. The van der Waals surface area contributed by atoms with Gasteiger partial charge in [-0.15, -0.1) is 0 Å². The van der Waals surface area contributed by atoms with Gasteiger partial charge in [0.1, 0.15) is 11.7 Å². The molecule has 0 saturated carbocycles. The van der Waals surface area contributed by atoms with E-state index in [0.717, 1.165) is 4.90 Å². The molecule has 1 saturated heterocycles. The Morgan fingerprint density at radius 2 is 2.11 bits per heavy atom. The highest BCUT2D eigenvalue weighted by Gasteiger charge is 2.39. The third-order valence-corrected chi connectivity index (χ3v) is 2.82. The number of amides is 1. The largest absolute Gasteiger partial charge is 0.480 e. The molecular formula is C11H13N3O4. The molecular weight excluding hydrogens is 238 g/mol. The van der Waals surface area contributed by atoms with Gasteiger partial charge < -0.3 is 15.1 Å². The number of carboxylic acids is 1. The van der Waals surface area contributed by atoms with Crippen molar-refractivity contribution in [1.29, 1.82) is 0 Å². The van der Waals surface area contributed by atoms with Crippen molar-refractivity contribution in [2.24, 2.45) is 0 Å². The van der Waals surface area contributed by atoms with E-state index in [-0.39, 0.29) is 18.7 Å². The number of carbonyl (C=O) groups is 2. The van der Waals surface area contributed by atoms with E-state index in [1.807, 2.05) is 0 Å². The lowest BCUT2D eigenvalue weighted by Crippen LogP contribution is -2.41. The molecule has 1 amide bonds. The first-order valence-corrected chi connectivity index (χ1v) is 5.49. The molecule has 0 aliphatic carbocycles. The van der Waals surface area contributed by atoms with E-state index < -0.39 is 24.0 Å². The molecule has 0 radical (unpaired) electrons. The summed E-state index contributed by atoms with van der Waals surface area (Å²) < 4.78 is 0. The molecule has 0 spiro atoms. The van der Waals surface area contributed by atoms with E-state index in [2.05, 4.69) is 9.97 Å². The molecule has 96 valence electrons. The molecule has 1 aromatic heterocycles. The minimum Gasteiger partial charge on any atom is -0.480 e. The maximum absolute atomic E-state index is 12.1. The van der Waals surface area contributed by atoms with Crippen molar-refractivity contribution in [1.82, 2.24) is 14.9 Å². The fourth-order valence-corrected chi connectivity index (χ4v) is 1.92. The van der Waals surface area contributed by atoms with Gasteiger partial charge in [-0.25, -0.2) is 9.78 Å². The summed E-state index contributed by atoms with van der Waals surface area (Å²) in [5.74, 6) is -1.65. The van der Waals surface area contributed by atoms with Gasteiger partial charge in [0.15, 0.2) is 0 Å². The summed E-state index contributed by atoms with van der Waals surface area (Å²) in [5, 5.41) is 18.5. The van der Waals surface area contributed by atoms with Crippen LogP contribution in [-0.2, 0) is 4.79 Å². The van der Waals surface area contributed by atoms with Gasteiger partial charge in [-0.05, 0) is 6.92 Å². The normalized spacial score (nSPS) is 23.1. The van der Waals surface area contributed by atoms with Crippen molar-refractivity contribution >= 4 is 11.9 Å². The fourth-order valence-electron chi connectivity index (χ4n) is 1.92. The van der Waals surface area contributed by atoms with Crippen molar-refractivity contribution in [3.05, 3.63) is 23.8 Å². The summed E-state index contributed by atoms with van der Waals surface area (Å²) >= 11 is 0. The molecule has 0 unspecified atom stereocenters. The SMILES string of the molecule is Cc1cnc(C(=O)N2C[C@H](O)C[C@@H]2C(=O)O)cn1. The van der Waals surface area contributed by atoms with E-state index >= 15 is 0 Å². The highest BCUT2D eigenvalue weighted by atomic mass is 16.4. The predicted molar refractivity (Wildman–Crippen MR) is 59.9 cm³/mol. The van der Waals surface area contributed by atoms with Gasteiger partial charge in [-0.3, -0.25) is 9.78 Å². The lowest BCUT2D eigenvalue weighted by atomic mass is 10.2. The topological polar surface area (TPSA) is 104 Å². The highest BCUT2D eigenvalue weighted by Crippen LogP contribution is 2.20. The lowest BCUT2D eigenvalue weighted by molar-refractivity contribution is -0.141. The Kier molecular flexibility index (Phi) is 3.24. The van der Waals surface area contributed by atoms with Crippen LogP contribution in [0.1, 0.15) is 22.6 Å². The number of likely N-dealkylation sites (tertiary alicyclic amines) is 1. The van der Waals surface area contributed by atoms with Crippen molar-refractivity contribution < 1.29 is 19.8 Å². The number of nitrogens with zero attached hydrogens (tertiary/aromatic N) is 3. The van der Waals surface area contributed by atoms with Crippen LogP contribution in [0.25, 0.3) is 0 Å². The van der Waals surface area contributed by atoms with Gasteiger partial charge in [0.2, 0.25) is 0 Å². The number of hydrogen-bond acceptors (Lipinski definition) is 5. The molecule has 7 heteroatoms. The summed E-state index contributed by atoms with van der Waals surface area (Å²) in [7, 11) is 0. The van der Waals surface area contributed by atoms with Crippen LogP contribution < -0.4 is 0 Å². The Labute approximate surface area is 103 Å². The number of aromatic nitrogens is 2. The number of aryl methyl sites for hydroxylation is 1. The lowest BCUT2D eigenvalue weighted by Gasteiger charge is -2.20. The van der Waals surface area contributed by atoms with Crippen molar-refractivity contribution in [2.45, 2.75) is 25.5 Å². The Morgan fingerprint density at radius 3 is 2.67 bits per heavy atom. The number of hydrogen-bond donors (Lipinski definition) is 2. The van der Waals surface area contributed by atoms with E-state index in [9.17, 15) is 14.7 Å². The molecule has 1 aliphatic heterocycles. The van der Waals surface area contributed by atoms with Gasteiger partial charge in [0, 0.05) is 19.2 Å². The van der Waals surface area contributed by atoms with Gasteiger partial charge in [-0.1, -0.05) is 0 Å². The zero-order chi connectivity index (χ0) is 13.3. The molecule has 2 rings (SSSR count). The van der Waals surface area contributed by atoms with Crippen LogP contribution in [0.5, 0.6) is 0 Å². The predicted octanol–water partition coefficient (Wildman–Crippen LogP) is -0.555. The van der Waals surface area contributed by atoms with Crippen molar-refractivity contribution in [2.75, 3.05) is 6.54 Å². The fraction of sp³-hybridized carbons (Fsp3) is 0.455. The first-order chi connectivity index (χ1) is 8.49. The molecule has 1 aliphatic rings. The number of aliphatic hydroxyl groups excluding tert-OH is 1. The van der Waals surface area contributed by atoms with Gasteiger partial charge in [0.05, 0.1) is 18.0 Å². The first-order valence-electron chi connectivity index (χ1n) is 5.49. The van der Waals surface area contributed by atoms with Crippen LogP contribution in [-0.4, -0.2) is 55.6 Å². The number of carboxylic acid groups (broad SMARTS) is 1. The van der Waals surface area contributed by atoms with Crippen LogP contribution in [0.4, 0.5) is 0 Å². The average molecular weight is 251 g/mol. The number of carbonyl (C=O) groups excluding carboxylic acids is 1. The highest BCUT2D eigenvalue weighted by molar-refractivity contribution is 5.95. The van der Waals surface area contributed by atoms with Gasteiger partial charge >= 0.3 is 5.97 Å². The third kappa shape index (κ3) is 2.30. The van der Waals surface area contributed by atoms with Crippen LogP contribution in [0.3, 0.4) is 0 Å². The van der Waals surface area contributed by atoms with Crippen LogP contribution >= 0.6 is 0 Å². The summed E-state index contributed by atoms with van der Waals surface area (Å²) in [5.41, 5.74) is 0.753. The molecule has 0 bridgehead atoms. The molecule has 2 atom stereocenters. The first kappa shape index (κ1) is 12.4. The van der Waals surface area contributed by atoms with Crippen molar-refractivity contribution in [3.8, 4) is 0 Å². The second-order valence-corrected chi connectivity index (χ2v) is 4.24. The van der Waals surface area contributed by atoms with E-state index in [1.54, 1.807) is 6.92 Å². The second-order valence-electron chi connectivity index (χ2n) is 4.24. The zero-order valence-electron chi connectivity index (χ0n) is 9.78. The second kappa shape index (κ2) is 4.69. The summed E-state index contributed by atoms with van der Waals surface area (Å²) in [6.07, 6.45) is 1.98. The van der Waals surface area contributed by atoms with E-state index in [4.69, 9.17) is 5.11 Å². The van der Waals surface area contributed by atoms with Gasteiger partial charge in [0.25, 0.3) is 5.91 Å². The number of aliphatic carboxylic acids is 1. The smallest absolute Gasteiger partial charge is 0.326 e. The van der Waals surface area contributed by atoms with E-state index in [0.29, 0.717) is 5.69 Å². The average Bonchev–Trinajstić information content (AvgIpc) is 2.71. The maximum atomic E-state index is 12.1. The minimum atomic E-state index is -1.13. The minimum absolute atomic E-state index is 0.00531. The molecule has 2 heterocycles. The number of rotatable bonds is 2. The molecule has 1 aromatic rings. The molecule has 2 N–H and O–H groups in total. The third-order valence-electron chi connectivity index (χ3n) is 2.82. The quantitative estimate of drug-likeness (QED) is 0.730. The van der Waals surface area contributed by atoms with E-state index in [1.165, 1.54) is 12.4 Å². The van der Waals surface area contributed by atoms with Crippen LogP contribution in [0.15, 0.2) is 12.4 Å². The molecule has 7 nitrogen and oxygen atoms in total. The standard InChI is InChI=1S/C11H13N3O4/c1-6-3-13-8(4-12-6)10(16)14-5-7(15)2-9(14)11(17)18/h3-4,7,9,15H,2,5H2,1H3,(H,17,18)/t7-,9-/m1/s1. The Bertz CT molecular complexity index is 474. The summed E-state index contributed by atoms with van der Waals surface area (Å²) in [6, 6.07) is -1.00. The van der Waals surface area contributed by atoms with Gasteiger partial charge in [-0.2, -0.15) is 0 Å². The Balaban J connectivity index is 2.22. The molecule has 18 heavy (non-hydrogen) atoms. The van der Waals surface area contributed by atoms with Crippen molar-refractivity contribution in [3.63, 3.8) is 0 Å². The molecule has 1 fully saturated rings. The van der Waals surface area contributed by atoms with Crippen LogP contribution in [0.2, 0.25) is 0 Å². The van der Waals surface area contributed by atoms with Crippen LogP contribution in [0, 0.1) is 6.92 Å². The molecule has 0 aromatic carbocycles. The number of aliphatic hydroxyl groups is 1.